The maximum atomic E-state index is 14.1. The molecule has 2 aliphatic carbocycles. The highest BCUT2D eigenvalue weighted by Crippen LogP contribution is 2.37. The van der Waals surface area contributed by atoms with Gasteiger partial charge in [-0.15, -0.1) is 83.9 Å². The number of aliphatic imine (C=N–C) groups is 1. The molecule has 8 aromatic heterocycles. The second-order valence-electron chi connectivity index (χ2n) is 34.5. The average Bonchev–Trinajstić information content (AvgIpc) is 1.59. The van der Waals surface area contributed by atoms with Crippen LogP contribution in [0.4, 0.5) is 38.5 Å². The van der Waals surface area contributed by atoms with Crippen molar-refractivity contribution in [1.82, 2.24) is 98.1 Å². The number of aryl methyl sites for hydroxylation is 1. The molecule has 0 bridgehead atoms. The second kappa shape index (κ2) is 52.8. The SMILES string of the molecule is C.CC(=O)N[C@@H](Cc1ccc(N)cc1)c1nnc(-c2ccc(C)cc2F)o1.CC(=O)N[C@@H](Cc1ccc(N)cc1)c1nnc(-c2cccs2)o1.CC(=O)N[C@@H](Cc1ccc(N)cc1)c1nnc(-c2nccs2)o1.CC(=O)N[C@@H](Cc1ccc(N)cc1)c1nnc(C2=CCC=N2)o1.CC(=O)N[C@@H](Cc1ccc(N)cc1)c1nnc(C2CCCCC2)o1.CC(=O)N[C@@H](Cc1ccc(N)cc1)c1nnc(C2CCCCC2)o1. The molecular weight excluding hydrogens is 1880 g/mol. The van der Waals surface area contributed by atoms with E-state index in [0.29, 0.717) is 154 Å². The van der Waals surface area contributed by atoms with Gasteiger partial charge in [-0.1, -0.05) is 131 Å². The van der Waals surface area contributed by atoms with Crippen LogP contribution >= 0.6 is 22.7 Å². The van der Waals surface area contributed by atoms with E-state index < -0.39 is 23.9 Å². The Morgan fingerprint density at radius 1 is 0.361 bits per heavy atom. The predicted molar refractivity (Wildman–Crippen MR) is 547 cm³/mol. The lowest BCUT2D eigenvalue weighted by atomic mass is 9.89. The van der Waals surface area contributed by atoms with Gasteiger partial charge in [-0.3, -0.25) is 33.8 Å². The molecule has 15 aromatic rings. The summed E-state index contributed by atoms with van der Waals surface area (Å²) in [5.41, 5.74) is 46.2. The van der Waals surface area contributed by atoms with Crippen LogP contribution in [0.1, 0.15) is 260 Å². The lowest BCUT2D eigenvalue weighted by molar-refractivity contribution is -0.120. The van der Waals surface area contributed by atoms with Crippen LogP contribution < -0.4 is 66.3 Å². The summed E-state index contributed by atoms with van der Waals surface area (Å²) in [6, 6.07) is 51.1. The predicted octanol–water partition coefficient (Wildman–Crippen LogP) is 16.9. The number of allylic oxidation sites excluding steroid dienone is 1. The number of amides is 6. The smallest absolute Gasteiger partial charge is 0.276 e. The fraction of sp³-hybridized carbons (Fsp3) is 0.320. The highest BCUT2D eigenvalue weighted by Gasteiger charge is 2.31. The number of anilines is 6. The summed E-state index contributed by atoms with van der Waals surface area (Å²) in [4.78, 5) is 78.3. The van der Waals surface area contributed by atoms with Crippen LogP contribution in [0.5, 0.6) is 0 Å². The number of carbonyl (C=O) groups excluding carboxylic acids is 6. The number of nitrogens with zero attached hydrogens (tertiary/aromatic N) is 14. The summed E-state index contributed by atoms with van der Waals surface area (Å²) < 4.78 is 48.7. The molecular formula is C103H119FN26O12S2. The molecule has 6 amide bonds. The van der Waals surface area contributed by atoms with E-state index in [-0.39, 0.29) is 78.3 Å². The van der Waals surface area contributed by atoms with E-state index in [0.717, 1.165) is 75.9 Å². The first-order valence-electron chi connectivity index (χ1n) is 46.6. The summed E-state index contributed by atoms with van der Waals surface area (Å²) in [6.07, 6.45) is 21.2. The second-order valence-corrected chi connectivity index (χ2v) is 36.4. The molecule has 0 spiro atoms. The van der Waals surface area contributed by atoms with Crippen molar-refractivity contribution in [3.8, 4) is 33.1 Å². The Labute approximate surface area is 839 Å². The Hall–Kier alpha value is -16.3. The number of carbonyl (C=O) groups is 6. The van der Waals surface area contributed by atoms with Crippen LogP contribution in [0, 0.1) is 12.7 Å². The number of halogens is 1. The summed E-state index contributed by atoms with van der Waals surface area (Å²) >= 11 is 2.94. The lowest BCUT2D eigenvalue weighted by Crippen LogP contribution is -2.28. The number of nitrogen functional groups attached to an aromatic ring is 6. The molecule has 41 heteroatoms. The van der Waals surface area contributed by atoms with E-state index in [2.05, 4.69) is 103 Å². The van der Waals surface area contributed by atoms with Crippen molar-refractivity contribution in [3.63, 3.8) is 0 Å². The number of hydrogen-bond donors (Lipinski definition) is 12. The van der Waals surface area contributed by atoms with Gasteiger partial charge in [-0.25, -0.2) is 9.37 Å². The quantitative estimate of drug-likeness (QED) is 0.0186. The van der Waals surface area contributed by atoms with E-state index in [1.54, 1.807) is 43.6 Å². The third kappa shape index (κ3) is 32.9. The van der Waals surface area contributed by atoms with Gasteiger partial charge >= 0.3 is 0 Å². The van der Waals surface area contributed by atoms with Crippen LogP contribution in [0.15, 0.2) is 230 Å². The number of nitrogens with one attached hydrogen (secondary N) is 6. The molecule has 7 aromatic carbocycles. The van der Waals surface area contributed by atoms with Crippen molar-refractivity contribution in [2.24, 2.45) is 4.99 Å². The zero-order chi connectivity index (χ0) is 101. The maximum absolute atomic E-state index is 14.1. The molecule has 38 nitrogen and oxygen atoms in total. The molecule has 18 N–H and O–H groups in total. The minimum absolute atomic E-state index is 0. The number of thiazole rings is 1. The Morgan fingerprint density at radius 3 is 0.972 bits per heavy atom. The highest BCUT2D eigenvalue weighted by atomic mass is 32.1. The topological polar surface area (TPSA) is 589 Å². The van der Waals surface area contributed by atoms with E-state index in [1.165, 1.54) is 109 Å². The van der Waals surface area contributed by atoms with E-state index in [4.69, 9.17) is 60.9 Å². The van der Waals surface area contributed by atoms with Crippen molar-refractivity contribution in [1.29, 1.82) is 0 Å². The van der Waals surface area contributed by atoms with Crippen LogP contribution in [-0.2, 0) is 67.3 Å². The number of hydrogen-bond acceptors (Lipinski definition) is 34. The molecule has 2 fully saturated rings. The minimum atomic E-state index is -0.522. The van der Waals surface area contributed by atoms with Gasteiger partial charge in [-0.05, 0) is 174 Å². The largest absolute Gasteiger partial charge is 0.423 e. The van der Waals surface area contributed by atoms with Crippen molar-refractivity contribution >= 4 is 104 Å². The van der Waals surface area contributed by atoms with Gasteiger partial charge in [0.05, 0.1) is 10.4 Å². The monoisotopic (exact) mass is 1990 g/mol. The van der Waals surface area contributed by atoms with Gasteiger partial charge in [0, 0.05) is 150 Å². The molecule has 3 aliphatic rings. The Balaban J connectivity index is 0.000000154. The molecule has 2 saturated carbocycles. The van der Waals surface area contributed by atoms with Gasteiger partial charge in [-0.2, -0.15) is 0 Å². The molecule has 0 saturated heterocycles. The Bertz CT molecular complexity index is 6400. The number of rotatable bonds is 30. The van der Waals surface area contributed by atoms with Crippen molar-refractivity contribution < 1.29 is 59.7 Å². The minimum Gasteiger partial charge on any atom is -0.423 e. The molecule has 6 atom stereocenters. The normalized spacial score (nSPS) is 13.9. The third-order valence-corrected chi connectivity index (χ3v) is 24.3. The first kappa shape index (κ1) is 107. The van der Waals surface area contributed by atoms with Crippen LogP contribution in [0.25, 0.3) is 38.8 Å². The van der Waals surface area contributed by atoms with E-state index in [9.17, 15) is 33.2 Å². The summed E-state index contributed by atoms with van der Waals surface area (Å²) in [6.45, 7) is 10.6. The van der Waals surface area contributed by atoms with E-state index in [1.807, 2.05) is 162 Å². The number of thiophene rings is 1. The molecule has 9 heterocycles. The fourth-order valence-electron chi connectivity index (χ4n) is 15.7. The zero-order valence-electron chi connectivity index (χ0n) is 80.1. The molecule has 1 aliphatic heterocycles. The van der Waals surface area contributed by atoms with Gasteiger partial charge in [0.15, 0.2) is 5.01 Å². The summed E-state index contributed by atoms with van der Waals surface area (Å²) in [7, 11) is 0. The first-order valence-corrected chi connectivity index (χ1v) is 48.4. The number of aromatic nitrogens is 13. The number of nitrogens with two attached hydrogens (primary N) is 6. The number of benzene rings is 7. The van der Waals surface area contributed by atoms with E-state index >= 15 is 0 Å². The Morgan fingerprint density at radius 2 is 0.667 bits per heavy atom. The van der Waals surface area contributed by atoms with Gasteiger partial charge in [0.1, 0.15) is 47.8 Å². The molecule has 0 unspecified atom stereocenters. The van der Waals surface area contributed by atoms with Crippen molar-refractivity contribution in [2.75, 3.05) is 34.4 Å². The van der Waals surface area contributed by atoms with Crippen LogP contribution in [0.3, 0.4) is 0 Å². The van der Waals surface area contributed by atoms with Gasteiger partial charge in [0.25, 0.3) is 23.6 Å². The molecule has 144 heavy (non-hydrogen) atoms. The van der Waals surface area contributed by atoms with Crippen molar-refractivity contribution in [2.45, 2.75) is 213 Å². The molecule has 752 valence electrons. The molecule has 0 radical (unpaired) electrons. The zero-order valence-corrected chi connectivity index (χ0v) is 81.7. The fourth-order valence-corrected chi connectivity index (χ4v) is 16.9. The third-order valence-electron chi connectivity index (χ3n) is 22.7. The van der Waals surface area contributed by atoms with Gasteiger partial charge < -0.3 is 92.8 Å². The average molecular weight is 2000 g/mol. The summed E-state index contributed by atoms with van der Waals surface area (Å²) in [5, 5.41) is 70.6. The standard InChI is InChI=1S/C19H19FN4O2.2C18H24N4O2.C16H17N5O2.C16H16N4O2S.C15H15N5O2S.CH4/c1-11-3-8-15(16(20)9-11)18-23-24-19(26-18)17(22-12(2)25)10-13-4-6-14(21)7-5-13;2*1-12(23)20-16(11-13-7-9-15(19)10-8-13)18-22-21-17(24-18)14-5-3-2-4-6-14;1-10(22)19-14(9-11-4-6-12(17)7-5-11)16-21-20-15(23-16)13-3-2-8-18-13;1-10(21)18-13(9-11-4-6-12(17)7-5-11)15-19-20-16(22-15)14-3-2-8-23-14;1-9(21)18-12(8-10-2-4-11(16)5-3-10)13-19-20-14(22-13)15-17-6-7-23-15;/h3-9,17H,10,21H2,1-2H3,(H,22,25);2*7-10,14,16H,2-6,11,19H2,1H3,(H,20,23);3-8,14H,2,9,17H2,1H3,(H,19,22);2-8,13H,9,17H2,1H3,(H,18,21);2-7,12H,8,16H2,1H3,(H,18,21);1H4/t17-;2*16-;14-;13-;12-;/m000000./s1. The van der Waals surface area contributed by atoms with Gasteiger partial charge in [0.2, 0.25) is 82.6 Å². The first-order chi connectivity index (χ1) is 69.0. The molecule has 18 rings (SSSR count). The maximum Gasteiger partial charge on any atom is 0.276 e. The van der Waals surface area contributed by atoms with Crippen molar-refractivity contribution in [3.05, 3.63) is 297 Å². The lowest BCUT2D eigenvalue weighted by Gasteiger charge is -2.18. The van der Waals surface area contributed by atoms with Crippen LogP contribution in [0.2, 0.25) is 0 Å². The van der Waals surface area contributed by atoms with Crippen LogP contribution in [-0.4, -0.2) is 108 Å². The highest BCUT2D eigenvalue weighted by molar-refractivity contribution is 7.13. The Kier molecular flexibility index (Phi) is 39.1. The summed E-state index contributed by atoms with van der Waals surface area (Å²) in [5.74, 6) is 4.25.